The first-order chi connectivity index (χ1) is 17.5. The van der Waals surface area contributed by atoms with E-state index in [1.165, 1.54) is 0 Å². The minimum absolute atomic E-state index is 0.179. The van der Waals surface area contributed by atoms with Gasteiger partial charge >= 0.3 is 0 Å². The van der Waals surface area contributed by atoms with Crippen molar-refractivity contribution in [1.29, 1.82) is 0 Å². The number of carbonyl (C=O) groups is 1. The molecule has 1 aromatic carbocycles. The second-order valence-electron chi connectivity index (χ2n) is 8.91. The van der Waals surface area contributed by atoms with Crippen molar-refractivity contribution in [2.75, 3.05) is 57.7 Å². The van der Waals surface area contributed by atoms with E-state index in [-0.39, 0.29) is 12.5 Å². The molecule has 2 aromatic heterocycles. The summed E-state index contributed by atoms with van der Waals surface area (Å²) in [5, 5.41) is 3.27. The van der Waals surface area contributed by atoms with Crippen LogP contribution in [0.25, 0.3) is 0 Å². The fourth-order valence-corrected chi connectivity index (χ4v) is 4.90. The number of rotatable bonds is 7. The number of hydrogen-bond donors (Lipinski definition) is 1. The molecule has 0 saturated carbocycles. The number of carbonyl (C=O) groups excluding carboxylic acids is 1. The highest BCUT2D eigenvalue weighted by Gasteiger charge is 2.38. The van der Waals surface area contributed by atoms with E-state index in [0.29, 0.717) is 34.1 Å². The SMILES string of the molecule is COc1ccc(CN2C(=O)c3c(Nc4ccc(N5CCN(C)CC5)cn4)cncc3C2Cl)c(OC)c1. The van der Waals surface area contributed by atoms with Crippen LogP contribution < -0.4 is 19.7 Å². The van der Waals surface area contributed by atoms with E-state index in [1.54, 1.807) is 37.6 Å². The summed E-state index contributed by atoms with van der Waals surface area (Å²) in [4.78, 5) is 28.7. The lowest BCUT2D eigenvalue weighted by atomic mass is 10.1. The van der Waals surface area contributed by atoms with Gasteiger partial charge in [-0.25, -0.2) is 4.98 Å². The first-order valence-corrected chi connectivity index (χ1v) is 12.2. The lowest BCUT2D eigenvalue weighted by Gasteiger charge is -2.33. The standard InChI is InChI=1S/C26H29ClN6O3/c1-31-8-10-32(11-9-31)18-5-7-23(29-13-18)30-21-15-28-14-20-24(21)26(34)33(25(20)27)16-17-4-6-19(35-2)12-22(17)36-3/h4-7,12-15,25H,8-11,16H2,1-3H3,(H,29,30). The Kier molecular flexibility index (Phi) is 6.84. The zero-order chi connectivity index (χ0) is 25.2. The average molecular weight is 509 g/mol. The number of pyridine rings is 2. The molecule has 1 saturated heterocycles. The van der Waals surface area contributed by atoms with Crippen LogP contribution in [-0.2, 0) is 6.54 Å². The number of piperazine rings is 1. The van der Waals surface area contributed by atoms with Gasteiger partial charge < -0.3 is 29.5 Å². The number of ether oxygens (including phenoxy) is 2. The Morgan fingerprint density at radius 1 is 1.06 bits per heavy atom. The molecule has 188 valence electrons. The summed E-state index contributed by atoms with van der Waals surface area (Å²) in [6.45, 7) is 4.29. The molecule has 1 N–H and O–H groups in total. The molecule has 0 aliphatic carbocycles. The van der Waals surface area contributed by atoms with E-state index < -0.39 is 5.50 Å². The van der Waals surface area contributed by atoms with Crippen LogP contribution in [0.4, 0.5) is 17.2 Å². The van der Waals surface area contributed by atoms with Gasteiger partial charge in [-0.3, -0.25) is 9.78 Å². The van der Waals surface area contributed by atoms with Crippen molar-refractivity contribution in [2.24, 2.45) is 0 Å². The summed E-state index contributed by atoms with van der Waals surface area (Å²) in [5.74, 6) is 1.76. The summed E-state index contributed by atoms with van der Waals surface area (Å²) >= 11 is 6.75. The molecule has 1 amide bonds. The van der Waals surface area contributed by atoms with Crippen LogP contribution in [0.5, 0.6) is 11.5 Å². The number of nitrogens with zero attached hydrogens (tertiary/aromatic N) is 5. The Morgan fingerprint density at radius 2 is 1.86 bits per heavy atom. The minimum atomic E-state index is -0.652. The quantitative estimate of drug-likeness (QED) is 0.380. The number of amides is 1. The first kappa shape index (κ1) is 24.1. The fraction of sp³-hybridized carbons (Fsp3) is 0.346. The van der Waals surface area contributed by atoms with Crippen molar-refractivity contribution >= 4 is 34.7 Å². The normalized spacial score (nSPS) is 17.8. The number of nitrogens with one attached hydrogen (secondary N) is 1. The molecule has 3 aromatic rings. The van der Waals surface area contributed by atoms with Crippen LogP contribution in [-0.4, -0.2) is 73.1 Å². The van der Waals surface area contributed by atoms with Crippen molar-refractivity contribution in [1.82, 2.24) is 19.8 Å². The van der Waals surface area contributed by atoms with Gasteiger partial charge in [0.1, 0.15) is 22.8 Å². The van der Waals surface area contributed by atoms with Crippen LogP contribution >= 0.6 is 11.6 Å². The number of alkyl halides is 1. The van der Waals surface area contributed by atoms with E-state index in [9.17, 15) is 4.79 Å². The van der Waals surface area contributed by atoms with E-state index in [4.69, 9.17) is 21.1 Å². The Hall–Kier alpha value is -3.56. The van der Waals surface area contributed by atoms with Gasteiger partial charge in [-0.15, -0.1) is 0 Å². The number of fused-ring (bicyclic) bond motifs is 1. The highest BCUT2D eigenvalue weighted by molar-refractivity contribution is 6.25. The maximum Gasteiger partial charge on any atom is 0.258 e. The van der Waals surface area contributed by atoms with Gasteiger partial charge in [0, 0.05) is 49.6 Å². The van der Waals surface area contributed by atoms with Crippen LogP contribution in [0.3, 0.4) is 0 Å². The lowest BCUT2D eigenvalue weighted by Crippen LogP contribution is -2.44. The lowest BCUT2D eigenvalue weighted by molar-refractivity contribution is 0.0757. The number of benzene rings is 1. The highest BCUT2D eigenvalue weighted by atomic mass is 35.5. The average Bonchev–Trinajstić information content (AvgIpc) is 3.15. The topological polar surface area (TPSA) is 83.1 Å². The van der Waals surface area contributed by atoms with Gasteiger partial charge in [0.15, 0.2) is 0 Å². The predicted octanol–water partition coefficient (Wildman–Crippen LogP) is 3.88. The van der Waals surface area contributed by atoms with E-state index in [1.807, 2.05) is 30.5 Å². The van der Waals surface area contributed by atoms with E-state index >= 15 is 0 Å². The Morgan fingerprint density at radius 3 is 2.56 bits per heavy atom. The summed E-state index contributed by atoms with van der Waals surface area (Å²) in [7, 11) is 5.32. The number of methoxy groups -OCH3 is 2. The van der Waals surface area contributed by atoms with Crippen LogP contribution in [0.2, 0.25) is 0 Å². The first-order valence-electron chi connectivity index (χ1n) is 11.8. The van der Waals surface area contributed by atoms with Crippen molar-refractivity contribution < 1.29 is 14.3 Å². The van der Waals surface area contributed by atoms with E-state index in [0.717, 1.165) is 37.4 Å². The third-order valence-corrected chi connectivity index (χ3v) is 7.16. The summed E-state index contributed by atoms with van der Waals surface area (Å²) in [5.41, 5.74) is 3.00. The molecule has 1 fully saturated rings. The van der Waals surface area contributed by atoms with Crippen molar-refractivity contribution in [3.05, 3.63) is 65.6 Å². The number of likely N-dealkylation sites (N-methyl/N-ethyl adjacent to an activating group) is 1. The van der Waals surface area contributed by atoms with Crippen LogP contribution in [0.15, 0.2) is 48.9 Å². The second kappa shape index (κ2) is 10.2. The Labute approximate surface area is 215 Å². The molecule has 2 aliphatic rings. The van der Waals surface area contributed by atoms with Gasteiger partial charge in [-0.2, -0.15) is 0 Å². The largest absolute Gasteiger partial charge is 0.497 e. The number of hydrogen-bond acceptors (Lipinski definition) is 8. The zero-order valence-electron chi connectivity index (χ0n) is 20.6. The molecule has 0 radical (unpaired) electrons. The van der Waals surface area contributed by atoms with Gasteiger partial charge in [-0.05, 0) is 31.3 Å². The third-order valence-electron chi connectivity index (χ3n) is 6.69. The monoisotopic (exact) mass is 508 g/mol. The maximum absolute atomic E-state index is 13.5. The smallest absolute Gasteiger partial charge is 0.258 e. The molecule has 1 atom stereocenters. The minimum Gasteiger partial charge on any atom is -0.497 e. The third kappa shape index (κ3) is 4.64. The molecule has 36 heavy (non-hydrogen) atoms. The van der Waals surface area contributed by atoms with Crippen LogP contribution in [0.1, 0.15) is 27.0 Å². The maximum atomic E-state index is 13.5. The number of aromatic nitrogens is 2. The Bertz CT molecular complexity index is 1250. The molecule has 10 heteroatoms. The molecule has 2 aliphatic heterocycles. The van der Waals surface area contributed by atoms with Gasteiger partial charge in [-0.1, -0.05) is 11.6 Å². The van der Waals surface area contributed by atoms with Crippen LogP contribution in [0, 0.1) is 0 Å². The highest BCUT2D eigenvalue weighted by Crippen LogP contribution is 2.41. The zero-order valence-corrected chi connectivity index (χ0v) is 21.3. The van der Waals surface area contributed by atoms with Crippen molar-refractivity contribution in [2.45, 2.75) is 12.0 Å². The van der Waals surface area contributed by atoms with Crippen molar-refractivity contribution in [3.63, 3.8) is 0 Å². The fourth-order valence-electron chi connectivity index (χ4n) is 4.57. The molecule has 1 unspecified atom stereocenters. The second-order valence-corrected chi connectivity index (χ2v) is 9.33. The van der Waals surface area contributed by atoms with Gasteiger partial charge in [0.05, 0.1) is 50.1 Å². The molecule has 5 rings (SSSR count). The summed E-state index contributed by atoms with van der Waals surface area (Å²) < 4.78 is 10.8. The molecule has 9 nitrogen and oxygen atoms in total. The number of anilines is 3. The predicted molar refractivity (Wildman–Crippen MR) is 139 cm³/mol. The molecular formula is C26H29ClN6O3. The van der Waals surface area contributed by atoms with E-state index in [2.05, 4.69) is 32.1 Å². The molecule has 4 heterocycles. The molecule has 0 spiro atoms. The number of halogens is 1. The van der Waals surface area contributed by atoms with Gasteiger partial charge in [0.25, 0.3) is 5.91 Å². The molecule has 0 bridgehead atoms. The van der Waals surface area contributed by atoms with Crippen molar-refractivity contribution in [3.8, 4) is 11.5 Å². The van der Waals surface area contributed by atoms with Gasteiger partial charge in [0.2, 0.25) is 0 Å². The Balaban J connectivity index is 1.35. The summed E-state index contributed by atoms with van der Waals surface area (Å²) in [6.07, 6.45) is 5.14. The molecular weight excluding hydrogens is 480 g/mol. The summed E-state index contributed by atoms with van der Waals surface area (Å²) in [6, 6.07) is 9.47.